The number of alkyl carbamates (subject to hydrolysis) is 1. The third-order valence-electron chi connectivity index (χ3n) is 3.23. The van der Waals surface area contributed by atoms with Crippen LogP contribution in [0.3, 0.4) is 0 Å². The van der Waals surface area contributed by atoms with E-state index >= 15 is 0 Å². The van der Waals surface area contributed by atoms with Crippen molar-refractivity contribution in [2.24, 2.45) is 0 Å². The molecule has 4 nitrogen and oxygen atoms in total. The van der Waals surface area contributed by atoms with E-state index in [9.17, 15) is 9.90 Å². The van der Waals surface area contributed by atoms with Gasteiger partial charge in [0.1, 0.15) is 11.9 Å². The number of ether oxygens (including phenoxy) is 1. The first-order valence-corrected chi connectivity index (χ1v) is 7.65. The number of phenolic OH excluding ortho intramolecular Hbond substituents is 1. The summed E-state index contributed by atoms with van der Waals surface area (Å²) in [5, 5.41) is 12.4. The molecule has 4 heteroatoms. The molecule has 0 heterocycles. The smallest absolute Gasteiger partial charge is 0.408 e. The van der Waals surface area contributed by atoms with E-state index in [2.05, 4.69) is 5.32 Å². The molecule has 1 amide bonds. The Labute approximate surface area is 137 Å². The van der Waals surface area contributed by atoms with Gasteiger partial charge in [-0.3, -0.25) is 0 Å². The number of benzene rings is 2. The van der Waals surface area contributed by atoms with E-state index < -0.39 is 12.2 Å². The van der Waals surface area contributed by atoms with Crippen LogP contribution in [0.1, 0.15) is 38.0 Å². The maximum Gasteiger partial charge on any atom is 0.408 e. The monoisotopic (exact) mass is 313 g/mol. The second kappa shape index (κ2) is 7.18. The number of carbonyl (C=O) groups is 1. The third kappa shape index (κ3) is 5.66. The van der Waals surface area contributed by atoms with E-state index in [1.54, 1.807) is 18.2 Å². The SMILES string of the molecule is CC(C)(C)NC(=O)OC(Cc1cccc(O)c1)c1ccccc1. The number of hydrogen-bond acceptors (Lipinski definition) is 3. The molecule has 2 aromatic carbocycles. The Morgan fingerprint density at radius 3 is 2.43 bits per heavy atom. The van der Waals surface area contributed by atoms with Crippen molar-refractivity contribution in [1.82, 2.24) is 5.32 Å². The number of rotatable bonds is 4. The second-order valence-corrected chi connectivity index (χ2v) is 6.55. The molecule has 0 saturated carbocycles. The molecule has 2 N–H and O–H groups in total. The van der Waals surface area contributed by atoms with Crippen LogP contribution in [-0.2, 0) is 11.2 Å². The summed E-state index contributed by atoms with van der Waals surface area (Å²) in [7, 11) is 0. The van der Waals surface area contributed by atoms with Gasteiger partial charge in [0, 0.05) is 12.0 Å². The molecule has 0 aliphatic rings. The number of amides is 1. The Morgan fingerprint density at radius 2 is 1.83 bits per heavy atom. The predicted octanol–water partition coefficient (Wildman–Crippen LogP) is 4.20. The van der Waals surface area contributed by atoms with Gasteiger partial charge in [0.15, 0.2) is 0 Å². The minimum absolute atomic E-state index is 0.202. The zero-order valence-electron chi connectivity index (χ0n) is 13.7. The largest absolute Gasteiger partial charge is 0.508 e. The summed E-state index contributed by atoms with van der Waals surface area (Å²) in [5.41, 5.74) is 1.46. The molecule has 1 atom stereocenters. The van der Waals surface area contributed by atoms with E-state index in [4.69, 9.17) is 4.74 Å². The highest BCUT2D eigenvalue weighted by Crippen LogP contribution is 2.24. The topological polar surface area (TPSA) is 58.6 Å². The summed E-state index contributed by atoms with van der Waals surface area (Å²) < 4.78 is 5.62. The molecule has 0 bridgehead atoms. The Balaban J connectivity index is 2.17. The highest BCUT2D eigenvalue weighted by atomic mass is 16.6. The van der Waals surface area contributed by atoms with Crippen LogP contribution in [0.2, 0.25) is 0 Å². The summed E-state index contributed by atoms with van der Waals surface area (Å²) in [6, 6.07) is 16.6. The fraction of sp³-hybridized carbons (Fsp3) is 0.316. The van der Waals surface area contributed by atoms with E-state index in [-0.39, 0.29) is 11.3 Å². The standard InChI is InChI=1S/C19H23NO3/c1-19(2,3)20-18(22)23-17(15-9-5-4-6-10-15)13-14-8-7-11-16(21)12-14/h4-12,17,21H,13H2,1-3H3,(H,20,22). The van der Waals surface area contributed by atoms with Crippen molar-refractivity contribution >= 4 is 6.09 Å². The first kappa shape index (κ1) is 16.9. The van der Waals surface area contributed by atoms with Gasteiger partial charge in [0.2, 0.25) is 0 Å². The summed E-state index contributed by atoms with van der Waals surface area (Å²) in [6.45, 7) is 5.71. The minimum Gasteiger partial charge on any atom is -0.508 e. The van der Waals surface area contributed by atoms with Crippen LogP contribution in [0, 0.1) is 0 Å². The molecule has 23 heavy (non-hydrogen) atoms. The molecule has 122 valence electrons. The van der Waals surface area contributed by atoms with Crippen molar-refractivity contribution < 1.29 is 14.6 Å². The zero-order chi connectivity index (χ0) is 16.9. The average Bonchev–Trinajstić information content (AvgIpc) is 2.45. The Hall–Kier alpha value is -2.49. The van der Waals surface area contributed by atoms with Gasteiger partial charge >= 0.3 is 6.09 Å². The lowest BCUT2D eigenvalue weighted by Gasteiger charge is -2.24. The maximum absolute atomic E-state index is 12.1. The van der Waals surface area contributed by atoms with E-state index in [0.29, 0.717) is 6.42 Å². The fourth-order valence-corrected chi connectivity index (χ4v) is 2.26. The lowest BCUT2D eigenvalue weighted by atomic mass is 10.0. The molecule has 0 spiro atoms. The van der Waals surface area contributed by atoms with Crippen LogP contribution in [-0.4, -0.2) is 16.7 Å². The van der Waals surface area contributed by atoms with Gasteiger partial charge in [0.25, 0.3) is 0 Å². The minimum atomic E-state index is -0.452. The zero-order valence-corrected chi connectivity index (χ0v) is 13.7. The van der Waals surface area contributed by atoms with Gasteiger partial charge in [-0.05, 0) is 44.0 Å². The lowest BCUT2D eigenvalue weighted by Crippen LogP contribution is -2.41. The van der Waals surface area contributed by atoms with Crippen LogP contribution in [0.25, 0.3) is 0 Å². The fourth-order valence-electron chi connectivity index (χ4n) is 2.26. The summed E-state index contributed by atoms with van der Waals surface area (Å²) in [6.07, 6.45) is -0.373. The van der Waals surface area contributed by atoms with Crippen molar-refractivity contribution in [2.75, 3.05) is 0 Å². The third-order valence-corrected chi connectivity index (χ3v) is 3.23. The molecule has 0 aliphatic heterocycles. The molecule has 2 rings (SSSR count). The number of carbonyl (C=O) groups excluding carboxylic acids is 1. The van der Waals surface area contributed by atoms with Crippen LogP contribution in [0.4, 0.5) is 4.79 Å². The number of hydrogen-bond donors (Lipinski definition) is 2. The Morgan fingerprint density at radius 1 is 1.13 bits per heavy atom. The normalized spacial score (nSPS) is 12.5. The van der Waals surface area contributed by atoms with Gasteiger partial charge in [-0.25, -0.2) is 4.79 Å². The Kier molecular flexibility index (Phi) is 5.27. The van der Waals surface area contributed by atoms with Gasteiger partial charge in [-0.15, -0.1) is 0 Å². The predicted molar refractivity (Wildman–Crippen MR) is 90.4 cm³/mol. The summed E-state index contributed by atoms with van der Waals surface area (Å²) >= 11 is 0. The van der Waals surface area contributed by atoms with Crippen LogP contribution in [0.5, 0.6) is 5.75 Å². The number of phenols is 1. The molecular formula is C19H23NO3. The van der Waals surface area contributed by atoms with Crippen molar-refractivity contribution in [1.29, 1.82) is 0 Å². The highest BCUT2D eigenvalue weighted by Gasteiger charge is 2.21. The Bertz CT molecular complexity index is 647. The van der Waals surface area contributed by atoms with Crippen molar-refractivity contribution in [2.45, 2.75) is 38.8 Å². The van der Waals surface area contributed by atoms with Gasteiger partial charge in [-0.1, -0.05) is 42.5 Å². The summed E-state index contributed by atoms with van der Waals surface area (Å²) in [5.74, 6) is 0.202. The lowest BCUT2D eigenvalue weighted by molar-refractivity contribution is 0.0910. The van der Waals surface area contributed by atoms with Crippen molar-refractivity contribution in [3.05, 3.63) is 65.7 Å². The molecule has 2 aromatic rings. The van der Waals surface area contributed by atoms with Crippen molar-refractivity contribution in [3.8, 4) is 5.75 Å². The maximum atomic E-state index is 12.1. The quantitative estimate of drug-likeness (QED) is 0.889. The molecule has 0 aliphatic carbocycles. The molecular weight excluding hydrogens is 290 g/mol. The van der Waals surface area contributed by atoms with Gasteiger partial charge < -0.3 is 15.2 Å². The molecule has 1 unspecified atom stereocenters. The molecule has 0 radical (unpaired) electrons. The number of aromatic hydroxyl groups is 1. The van der Waals surface area contributed by atoms with Crippen LogP contribution in [0.15, 0.2) is 54.6 Å². The van der Waals surface area contributed by atoms with Gasteiger partial charge in [0.05, 0.1) is 0 Å². The molecule has 0 fully saturated rings. The van der Waals surface area contributed by atoms with Gasteiger partial charge in [-0.2, -0.15) is 0 Å². The second-order valence-electron chi connectivity index (χ2n) is 6.55. The first-order chi connectivity index (χ1) is 10.8. The van der Waals surface area contributed by atoms with Crippen LogP contribution < -0.4 is 5.32 Å². The number of nitrogens with one attached hydrogen (secondary N) is 1. The van der Waals surface area contributed by atoms with E-state index in [0.717, 1.165) is 11.1 Å². The average molecular weight is 313 g/mol. The molecule has 0 saturated heterocycles. The van der Waals surface area contributed by atoms with E-state index in [1.807, 2.05) is 57.2 Å². The van der Waals surface area contributed by atoms with Crippen molar-refractivity contribution in [3.63, 3.8) is 0 Å². The summed E-state index contributed by atoms with van der Waals surface area (Å²) in [4.78, 5) is 12.1. The van der Waals surface area contributed by atoms with E-state index in [1.165, 1.54) is 0 Å². The highest BCUT2D eigenvalue weighted by molar-refractivity contribution is 5.68. The first-order valence-electron chi connectivity index (χ1n) is 7.65. The molecule has 0 aromatic heterocycles. The van der Waals surface area contributed by atoms with Crippen LogP contribution >= 0.6 is 0 Å².